The Morgan fingerprint density at radius 1 is 0.515 bits per heavy atom. The van der Waals surface area contributed by atoms with Gasteiger partial charge in [-0.15, -0.1) is 0 Å². The Bertz CT molecular complexity index is 2180. The van der Waals surface area contributed by atoms with E-state index >= 15 is 0 Å². The van der Waals surface area contributed by atoms with Crippen molar-refractivity contribution in [2.45, 2.75) is 85.6 Å². The van der Waals surface area contributed by atoms with E-state index < -0.39 is 17.3 Å². The number of halogens is 1. The first kappa shape index (κ1) is 54.9. The van der Waals surface area contributed by atoms with E-state index in [4.69, 9.17) is 18.9 Å². The average Bonchev–Trinajstić information content (AvgIpc) is 4.22. The third-order valence-corrected chi connectivity index (χ3v) is 13.7. The van der Waals surface area contributed by atoms with Gasteiger partial charge in [-0.2, -0.15) is 27.0 Å². The Morgan fingerprint density at radius 3 is 1.13 bits per heavy atom. The Morgan fingerprint density at radius 2 is 0.838 bits per heavy atom. The maximum absolute atomic E-state index is 12.6. The number of nitrogens with zero attached hydrogens (tertiary/aromatic N) is 1. The van der Waals surface area contributed by atoms with Gasteiger partial charge >= 0.3 is 41.7 Å². The summed E-state index contributed by atoms with van der Waals surface area (Å²) in [4.78, 5) is 26.7. The van der Waals surface area contributed by atoms with Gasteiger partial charge in [0.2, 0.25) is 0 Å². The zero-order valence-electron chi connectivity index (χ0n) is 39.9. The zero-order valence-corrected chi connectivity index (χ0v) is 44.5. The van der Waals surface area contributed by atoms with Gasteiger partial charge in [-0.1, -0.05) is 224 Å². The van der Waals surface area contributed by atoms with E-state index in [0.29, 0.717) is 25.7 Å². The molecule has 4 fully saturated rings. The molecule has 2 aliphatic heterocycles. The van der Waals surface area contributed by atoms with Crippen LogP contribution in [0.15, 0.2) is 182 Å². The number of rotatable bonds is 13. The molecule has 0 unspecified atom stereocenters. The molecule has 12 heteroatoms. The van der Waals surface area contributed by atoms with Crippen molar-refractivity contribution in [2.75, 3.05) is 26.3 Å². The molecule has 0 spiro atoms. The number of amides is 2. The molecular formula is C56H64BrN2NaO6S2. The number of alkyl halides is 1. The van der Waals surface area contributed by atoms with Gasteiger partial charge in [0.25, 0.3) is 0 Å². The molecule has 2 amide bonds. The summed E-state index contributed by atoms with van der Waals surface area (Å²) < 4.78 is 24.5. The summed E-state index contributed by atoms with van der Waals surface area (Å²) in [6, 6.07) is 61.7. The van der Waals surface area contributed by atoms with E-state index in [9.17, 15) is 9.59 Å². The number of nitrogens with one attached hydrogen (secondary N) is 1. The molecule has 10 rings (SSSR count). The molecule has 8 nitrogen and oxygen atoms in total. The van der Waals surface area contributed by atoms with Crippen LogP contribution in [-0.2, 0) is 30.1 Å². The molecule has 0 radical (unpaired) electrons. The van der Waals surface area contributed by atoms with Gasteiger partial charge in [0.1, 0.15) is 23.4 Å². The molecular weight excluding hydrogens is 964 g/mol. The van der Waals surface area contributed by atoms with Crippen LogP contribution in [0.1, 0.15) is 86.2 Å². The van der Waals surface area contributed by atoms with Crippen LogP contribution in [0.4, 0.5) is 9.59 Å². The van der Waals surface area contributed by atoms with Crippen molar-refractivity contribution < 1.29 is 59.5 Å². The summed E-state index contributed by atoms with van der Waals surface area (Å²) in [6.45, 7) is 1.66. The number of hydrogen-bond donors (Lipinski definition) is 1. The van der Waals surface area contributed by atoms with E-state index in [-0.39, 0.29) is 82.9 Å². The first-order valence-electron chi connectivity index (χ1n) is 23.1. The molecule has 6 aromatic rings. The number of carbonyl (C=O) groups excluding carboxylic acids is 2. The van der Waals surface area contributed by atoms with Crippen molar-refractivity contribution in [2.24, 2.45) is 0 Å². The molecule has 0 aromatic heterocycles. The van der Waals surface area contributed by atoms with E-state index in [1.807, 2.05) is 114 Å². The monoisotopic (exact) mass is 1030 g/mol. The van der Waals surface area contributed by atoms with Crippen molar-refractivity contribution >= 4 is 55.1 Å². The number of hydrogen-bond acceptors (Lipinski definition) is 6. The van der Waals surface area contributed by atoms with E-state index in [2.05, 4.69) is 94.0 Å². The van der Waals surface area contributed by atoms with Crippen LogP contribution in [0, 0.1) is 0 Å². The minimum Gasteiger partial charge on any atom is -1.00 e. The number of ether oxygens (including phenoxy) is 4. The van der Waals surface area contributed by atoms with Crippen LogP contribution in [0.3, 0.4) is 0 Å². The molecule has 68 heavy (non-hydrogen) atoms. The fourth-order valence-corrected chi connectivity index (χ4v) is 10.2. The topological polar surface area (TPSA) is 86.3 Å². The largest absolute Gasteiger partial charge is 1.00 e. The van der Waals surface area contributed by atoms with Gasteiger partial charge < -0.3 is 30.6 Å². The molecule has 2 saturated heterocycles. The van der Waals surface area contributed by atoms with Crippen molar-refractivity contribution in [3.8, 4) is 0 Å². The summed E-state index contributed by atoms with van der Waals surface area (Å²) in [5.74, 6) is 0. The molecule has 2 atom stereocenters. The third kappa shape index (κ3) is 13.4. The summed E-state index contributed by atoms with van der Waals surface area (Å²) in [5.41, 5.74) is 4.65. The molecule has 0 bridgehead atoms. The van der Waals surface area contributed by atoms with Gasteiger partial charge in [0.05, 0.1) is 26.3 Å². The first-order chi connectivity index (χ1) is 32.0. The Kier molecular flexibility index (Phi) is 22.1. The molecule has 6 aromatic carbocycles. The standard InChI is InChI=1S/C28H29NO3.C23H21NO3.C5H9Br.Na.2H2S.H/c30-27-29(25-18-10-11-19-25)20-26(32-27)21-31-28(22-12-4-1-5-13-22,23-14-6-2-7-15-23)24-16-8-3-9-17-24;25-22-24-16-21(27-22)17-26-23(18-10-4-1-5-11-18,19-12-6-2-7-13-19)20-14-8-3-9-15-20;6-5-3-1-2-4-5;;;;/h1-9,12-17,25-26H,10-11,18-21H2;1-15,21H,16-17H2,(H,24,25);5H,1-4H2;;2*1H2;/q;;;+1;;;-1/t26-;21-;;;;;/m00...../s1. The van der Waals surface area contributed by atoms with Crippen LogP contribution in [-0.4, -0.2) is 66.5 Å². The van der Waals surface area contributed by atoms with Gasteiger partial charge in [0, 0.05) is 10.9 Å². The predicted octanol–water partition coefficient (Wildman–Crippen LogP) is 9.53. The summed E-state index contributed by atoms with van der Waals surface area (Å²) in [6.07, 6.45) is 9.03. The van der Waals surface area contributed by atoms with Crippen LogP contribution in [0.25, 0.3) is 0 Å². The van der Waals surface area contributed by atoms with Crippen LogP contribution < -0.4 is 34.9 Å². The molecule has 354 valence electrons. The average molecular weight is 1030 g/mol. The van der Waals surface area contributed by atoms with E-state index in [0.717, 1.165) is 51.0 Å². The fourth-order valence-electron chi connectivity index (χ4n) is 9.52. The number of cyclic esters (lactones) is 2. The Balaban J connectivity index is 0.000000257. The second kappa shape index (κ2) is 27.4. The van der Waals surface area contributed by atoms with E-state index in [1.54, 1.807) is 0 Å². The van der Waals surface area contributed by atoms with Crippen molar-refractivity contribution in [3.05, 3.63) is 215 Å². The summed E-state index contributed by atoms with van der Waals surface area (Å²) >= 11 is 3.54. The van der Waals surface area contributed by atoms with Crippen LogP contribution in [0.2, 0.25) is 0 Å². The zero-order chi connectivity index (χ0) is 44.7. The maximum Gasteiger partial charge on any atom is 1.00 e. The predicted molar refractivity (Wildman–Crippen MR) is 281 cm³/mol. The molecule has 2 saturated carbocycles. The van der Waals surface area contributed by atoms with E-state index in [1.165, 1.54) is 38.5 Å². The van der Waals surface area contributed by atoms with Gasteiger partial charge in [-0.05, 0) is 59.1 Å². The second-order valence-corrected chi connectivity index (χ2v) is 18.4. The van der Waals surface area contributed by atoms with Crippen LogP contribution in [0.5, 0.6) is 0 Å². The summed E-state index contributed by atoms with van der Waals surface area (Å²) in [5, 5.41) is 2.68. The smallest absolute Gasteiger partial charge is 1.00 e. The molecule has 4 aliphatic rings. The molecule has 2 aliphatic carbocycles. The van der Waals surface area contributed by atoms with Gasteiger partial charge in [-0.25, -0.2) is 9.59 Å². The number of carbonyl (C=O) groups is 2. The minimum absolute atomic E-state index is 0. The fraction of sp³-hybridized carbons (Fsp3) is 0.321. The van der Waals surface area contributed by atoms with Crippen molar-refractivity contribution in [1.29, 1.82) is 0 Å². The normalized spacial score (nSPS) is 17.9. The Labute approximate surface area is 448 Å². The number of benzene rings is 6. The Hall–Kier alpha value is -4.04. The van der Waals surface area contributed by atoms with Crippen molar-refractivity contribution in [1.82, 2.24) is 10.2 Å². The minimum atomic E-state index is -0.795. The first-order valence-corrected chi connectivity index (χ1v) is 24.0. The van der Waals surface area contributed by atoms with Gasteiger partial charge in [0.15, 0.2) is 0 Å². The number of alkyl carbamates (subject to hydrolysis) is 1. The maximum atomic E-state index is 12.6. The van der Waals surface area contributed by atoms with Gasteiger partial charge in [-0.3, -0.25) is 0 Å². The quantitative estimate of drug-likeness (QED) is 0.0706. The SMILES string of the molecule is BrC1CCCC1.O=C1NC[C@@H](COC(c2ccccc2)(c2ccccc2)c2ccccc2)O1.O=C1O[C@H](COC(c2ccccc2)(c2ccccc2)c2ccccc2)CN1C1CCCC1.S.S.[H-].[Na+]. The van der Waals surface area contributed by atoms with Crippen molar-refractivity contribution in [3.63, 3.8) is 0 Å². The third-order valence-electron chi connectivity index (χ3n) is 12.8. The molecule has 2 heterocycles. The molecule has 1 N–H and O–H groups in total. The summed E-state index contributed by atoms with van der Waals surface area (Å²) in [7, 11) is 0. The van der Waals surface area contributed by atoms with Crippen LogP contribution >= 0.6 is 42.9 Å². The second-order valence-electron chi connectivity index (χ2n) is 17.1.